The fourth-order valence-electron chi connectivity index (χ4n) is 0.166. The average molecular weight is 83.7 g/mol. The van der Waals surface area contributed by atoms with E-state index >= 15 is 0 Å². The third-order valence-electron chi connectivity index (χ3n) is 0.390. The van der Waals surface area contributed by atoms with E-state index in [1.54, 1.807) is 0 Å². The Balaban J connectivity index is 2.49. The first kappa shape index (κ1) is 5.89. The van der Waals surface area contributed by atoms with Crippen molar-refractivity contribution in [3.05, 3.63) is 0 Å². The molecule has 0 unspecified atom stereocenters. The number of rotatable bonds is 3. The van der Waals surface area contributed by atoms with Gasteiger partial charge >= 0.3 is 37.3 Å². The zero-order valence-corrected chi connectivity index (χ0v) is 3.81. The monoisotopic (exact) mass is 84.1 g/mol. The topological polar surface area (TPSA) is 26.3 Å². The molecule has 0 aromatic rings. The summed E-state index contributed by atoms with van der Waals surface area (Å²) in [5.74, 6) is 0. The van der Waals surface area contributed by atoms with Crippen LogP contribution in [0.1, 0.15) is 0 Å². The molecule has 0 heterocycles. The molecule has 0 atom stereocenters. The molecule has 32 valence electrons. The second kappa shape index (κ2) is 4.89. The van der Waals surface area contributed by atoms with Crippen LogP contribution in [0.4, 0.5) is 0 Å². The molecule has 0 saturated carbocycles. The van der Waals surface area contributed by atoms with E-state index in [2.05, 4.69) is 4.65 Å². The molecule has 0 N–H and O–H groups in total. The van der Waals surface area contributed by atoms with Crippen molar-refractivity contribution < 1.29 is 9.36 Å². The minimum atomic E-state index is 0.233. The first-order chi connectivity index (χ1) is 2.91. The van der Waals surface area contributed by atoms with Gasteiger partial charge in [0.25, 0.3) is 0 Å². The van der Waals surface area contributed by atoms with E-state index in [0.29, 0.717) is 7.48 Å². The van der Waals surface area contributed by atoms with Crippen molar-refractivity contribution >= 4 is 14.6 Å². The van der Waals surface area contributed by atoms with Crippen molar-refractivity contribution in [3.8, 4) is 0 Å². The predicted octanol–water partition coefficient (Wildman–Crippen LogP) is -0.590. The zero-order valence-electron chi connectivity index (χ0n) is 3.81. The van der Waals surface area contributed by atoms with Gasteiger partial charge in [0.15, 0.2) is 0 Å². The fourth-order valence-corrected chi connectivity index (χ4v) is 0.166. The molecule has 0 amide bonds. The molecule has 0 rings (SSSR count). The molecule has 0 radical (unpaired) electrons. The zero-order chi connectivity index (χ0) is 4.83. The molecule has 0 aliphatic rings. The Morgan fingerprint density at radius 1 is 2.00 bits per heavy atom. The number of hydrogen-bond acceptors (Lipinski definition) is 2. The third kappa shape index (κ3) is 3.89. The minimum absolute atomic E-state index is 0.233. The van der Waals surface area contributed by atoms with Gasteiger partial charge in [-0.15, -0.1) is 0 Å². The molecular formula is C2H6B2O2. The van der Waals surface area contributed by atoms with Gasteiger partial charge in [-0.2, -0.15) is 0 Å². The van der Waals surface area contributed by atoms with Crippen molar-refractivity contribution in [2.45, 2.75) is 6.82 Å². The van der Waals surface area contributed by atoms with E-state index in [1.807, 2.05) is 6.82 Å². The van der Waals surface area contributed by atoms with E-state index in [-0.39, 0.29) is 6.51 Å². The first-order valence-corrected chi connectivity index (χ1v) is 1.93. The molecule has 0 aromatic carbocycles. The van der Waals surface area contributed by atoms with Crippen LogP contribution in [0.5, 0.6) is 0 Å². The molecule has 0 aromatic heterocycles. The van der Waals surface area contributed by atoms with Gasteiger partial charge in [0, 0.05) is 0 Å². The van der Waals surface area contributed by atoms with Crippen molar-refractivity contribution in [1.82, 2.24) is 0 Å². The van der Waals surface area contributed by atoms with Gasteiger partial charge in [-0.1, -0.05) is 0 Å². The summed E-state index contributed by atoms with van der Waals surface area (Å²) in [5, 5.41) is 0. The van der Waals surface area contributed by atoms with E-state index in [9.17, 15) is 4.70 Å². The van der Waals surface area contributed by atoms with Gasteiger partial charge in [-0.3, -0.25) is 0 Å². The maximum atomic E-state index is 9.44. The molecule has 2 nitrogen and oxygen atoms in total. The van der Waals surface area contributed by atoms with Gasteiger partial charge < -0.3 is 0 Å². The summed E-state index contributed by atoms with van der Waals surface area (Å²) in [5.41, 5.74) is 0. The maximum absolute atomic E-state index is 9.44. The summed E-state index contributed by atoms with van der Waals surface area (Å²) < 4.78 is 14.1. The van der Waals surface area contributed by atoms with Gasteiger partial charge in [-0.05, 0) is 0 Å². The molecular weight excluding hydrogens is 77.6 g/mol. The van der Waals surface area contributed by atoms with Crippen LogP contribution in [-0.4, -0.2) is 21.1 Å². The van der Waals surface area contributed by atoms with Crippen LogP contribution in [0.25, 0.3) is 0 Å². The van der Waals surface area contributed by atoms with Crippen LogP contribution < -0.4 is 0 Å². The van der Waals surface area contributed by atoms with E-state index in [0.717, 1.165) is 7.15 Å². The summed E-state index contributed by atoms with van der Waals surface area (Å²) in [4.78, 5) is 0. The van der Waals surface area contributed by atoms with Crippen molar-refractivity contribution in [2.75, 3.05) is 6.51 Å². The Labute approximate surface area is 38.4 Å². The van der Waals surface area contributed by atoms with Crippen molar-refractivity contribution in [1.29, 1.82) is 0 Å². The second-order valence-electron chi connectivity index (χ2n) is 0.826. The standard InChI is InChI=1S/C2H6B2O2/c1-3-6-2-4-5/h3H,2H2,1H3. The third-order valence-corrected chi connectivity index (χ3v) is 0.390. The molecule has 4 heteroatoms. The molecule has 0 aliphatic heterocycles. The summed E-state index contributed by atoms with van der Waals surface area (Å²) in [6.07, 6.45) is 0. The van der Waals surface area contributed by atoms with Crippen molar-refractivity contribution in [2.24, 2.45) is 0 Å². The fraction of sp³-hybridized carbons (Fsp3) is 1.00. The molecule has 0 spiro atoms. The Morgan fingerprint density at radius 3 is 2.83 bits per heavy atom. The summed E-state index contributed by atoms with van der Waals surface area (Å²) >= 11 is 0. The Bertz CT molecular complexity index is 38.5. The van der Waals surface area contributed by atoms with E-state index in [4.69, 9.17) is 0 Å². The quantitative estimate of drug-likeness (QED) is 0.337. The number of hydrogen-bond donors (Lipinski definition) is 0. The first-order valence-electron chi connectivity index (χ1n) is 1.93. The Hall–Kier alpha value is -0.110. The molecule has 0 fully saturated rings. The predicted molar refractivity (Wildman–Crippen MR) is 25.4 cm³/mol. The second-order valence-corrected chi connectivity index (χ2v) is 0.826. The summed E-state index contributed by atoms with van der Waals surface area (Å²) in [7, 11) is 1.36. The van der Waals surface area contributed by atoms with Crippen LogP contribution >= 0.6 is 0 Å². The van der Waals surface area contributed by atoms with Gasteiger partial charge in [0.2, 0.25) is 0 Å². The summed E-state index contributed by atoms with van der Waals surface area (Å²) in [6.45, 7) is 2.08. The van der Waals surface area contributed by atoms with E-state index in [1.165, 1.54) is 0 Å². The normalized spacial score (nSPS) is 6.83. The van der Waals surface area contributed by atoms with E-state index < -0.39 is 0 Å². The van der Waals surface area contributed by atoms with Gasteiger partial charge in [0.05, 0.1) is 0 Å². The molecule has 0 saturated heterocycles. The van der Waals surface area contributed by atoms with Gasteiger partial charge in [-0.25, -0.2) is 0 Å². The van der Waals surface area contributed by atoms with Crippen LogP contribution in [0, 0.1) is 0 Å². The molecule has 6 heavy (non-hydrogen) atoms. The van der Waals surface area contributed by atoms with Crippen LogP contribution in [-0.2, 0) is 9.36 Å². The van der Waals surface area contributed by atoms with Crippen LogP contribution in [0.2, 0.25) is 6.82 Å². The van der Waals surface area contributed by atoms with Gasteiger partial charge in [0.1, 0.15) is 0 Å². The SMILES string of the molecule is CBOCB=O. The molecule has 0 bridgehead atoms. The Kier molecular flexibility index (Phi) is 4.80. The average Bonchev–Trinajstić information content (AvgIpc) is 1.61. The van der Waals surface area contributed by atoms with Crippen molar-refractivity contribution in [3.63, 3.8) is 0 Å². The molecule has 0 aliphatic carbocycles. The summed E-state index contributed by atoms with van der Waals surface area (Å²) in [6, 6.07) is 0. The van der Waals surface area contributed by atoms with Crippen LogP contribution in [0.15, 0.2) is 0 Å². The van der Waals surface area contributed by atoms with Crippen LogP contribution in [0.3, 0.4) is 0 Å². The Morgan fingerprint density at radius 2 is 2.67 bits per heavy atom.